The van der Waals surface area contributed by atoms with Gasteiger partial charge in [-0.05, 0) is 85.5 Å². The van der Waals surface area contributed by atoms with Crippen LogP contribution in [-0.4, -0.2) is 16.8 Å². The molecule has 5 rings (SSSR count). The van der Waals surface area contributed by atoms with Crippen LogP contribution >= 0.6 is 0 Å². The summed E-state index contributed by atoms with van der Waals surface area (Å²) in [6.07, 6.45) is 4.30. The Morgan fingerprint density at radius 3 is 2.30 bits per heavy atom. The van der Waals surface area contributed by atoms with E-state index in [1.54, 1.807) is 0 Å². The number of amides is 1. The van der Waals surface area contributed by atoms with Gasteiger partial charge in [-0.25, -0.2) is 0 Å². The van der Waals surface area contributed by atoms with Gasteiger partial charge in [-0.15, -0.1) is 0 Å². The fourth-order valence-electron chi connectivity index (χ4n) is 4.96. The van der Waals surface area contributed by atoms with Crippen molar-refractivity contribution < 1.29 is 14.7 Å². The third-order valence-electron chi connectivity index (χ3n) is 6.95. The molecule has 4 nitrogen and oxygen atoms in total. The lowest BCUT2D eigenvalue weighted by molar-refractivity contribution is -0.132. The van der Waals surface area contributed by atoms with Gasteiger partial charge in [-0.1, -0.05) is 48.5 Å². The Balaban J connectivity index is 1.69. The molecule has 1 aliphatic heterocycles. The van der Waals surface area contributed by atoms with Gasteiger partial charge >= 0.3 is 0 Å². The molecule has 1 amide bonds. The van der Waals surface area contributed by atoms with Crippen molar-refractivity contribution in [3.63, 3.8) is 0 Å². The first kappa shape index (κ1) is 21.2. The number of aliphatic hydroxyl groups is 1. The number of ketones is 1. The predicted octanol–water partition coefficient (Wildman–Crippen LogP) is 5.81. The summed E-state index contributed by atoms with van der Waals surface area (Å²) in [5.41, 5.74) is 6.83. The fourth-order valence-corrected chi connectivity index (χ4v) is 4.96. The molecule has 1 heterocycles. The number of nitrogens with zero attached hydrogens (tertiary/aromatic N) is 1. The molecule has 0 bridgehead atoms. The third-order valence-corrected chi connectivity index (χ3v) is 6.95. The van der Waals surface area contributed by atoms with E-state index in [0.717, 1.165) is 36.0 Å². The summed E-state index contributed by atoms with van der Waals surface area (Å²) in [6.45, 7) is 4.00. The van der Waals surface area contributed by atoms with Crippen LogP contribution < -0.4 is 4.90 Å². The third kappa shape index (κ3) is 3.66. The summed E-state index contributed by atoms with van der Waals surface area (Å²) in [5.74, 6) is -1.38. The maximum Gasteiger partial charge on any atom is 0.300 e. The largest absolute Gasteiger partial charge is 0.507 e. The van der Waals surface area contributed by atoms with Crippen molar-refractivity contribution in [2.75, 3.05) is 4.90 Å². The second-order valence-electron chi connectivity index (χ2n) is 9.04. The predicted molar refractivity (Wildman–Crippen MR) is 130 cm³/mol. The highest BCUT2D eigenvalue weighted by Gasteiger charge is 2.47. The molecule has 1 N–H and O–H groups in total. The van der Waals surface area contributed by atoms with Gasteiger partial charge in [-0.2, -0.15) is 0 Å². The Kier molecular flexibility index (Phi) is 5.37. The first-order valence-corrected chi connectivity index (χ1v) is 11.5. The Labute approximate surface area is 194 Å². The molecule has 1 atom stereocenters. The zero-order valence-electron chi connectivity index (χ0n) is 19.0. The van der Waals surface area contributed by atoms with Crippen molar-refractivity contribution >= 4 is 23.1 Å². The summed E-state index contributed by atoms with van der Waals surface area (Å²) >= 11 is 0. The lowest BCUT2D eigenvalue weighted by atomic mass is 9.88. The average molecular weight is 438 g/mol. The molecule has 0 spiro atoms. The molecule has 3 aromatic carbocycles. The van der Waals surface area contributed by atoms with Gasteiger partial charge < -0.3 is 5.11 Å². The van der Waals surface area contributed by atoms with Gasteiger partial charge in [0.25, 0.3) is 11.7 Å². The summed E-state index contributed by atoms with van der Waals surface area (Å²) in [5, 5.41) is 11.4. The lowest BCUT2D eigenvalue weighted by Crippen LogP contribution is -2.29. The van der Waals surface area contributed by atoms with Crippen LogP contribution in [0.5, 0.6) is 0 Å². The van der Waals surface area contributed by atoms with E-state index < -0.39 is 17.7 Å². The van der Waals surface area contributed by atoms with Gasteiger partial charge in [0.05, 0.1) is 11.6 Å². The molecular formula is C29H27NO3. The maximum absolute atomic E-state index is 13.3. The van der Waals surface area contributed by atoms with Gasteiger partial charge in [0.2, 0.25) is 0 Å². The van der Waals surface area contributed by atoms with Crippen LogP contribution in [0.2, 0.25) is 0 Å². The molecule has 33 heavy (non-hydrogen) atoms. The normalized spacial score (nSPS) is 19.6. The standard InChI is InChI=1S/C29H27NO3/c1-18-12-15-24(16-19(18)2)30-26(21-9-4-3-5-10-21)25(28(32)29(30)33)27(31)23-14-13-20-8-6-7-11-22(20)17-23/h3-5,9-10,12-17,26,31H,6-8,11H2,1-2H3/b27-25-. The Bertz CT molecular complexity index is 1290. The van der Waals surface area contributed by atoms with Crippen molar-refractivity contribution in [2.24, 2.45) is 0 Å². The van der Waals surface area contributed by atoms with E-state index in [1.165, 1.54) is 22.4 Å². The van der Waals surface area contributed by atoms with Crippen LogP contribution in [0.15, 0.2) is 72.3 Å². The number of rotatable bonds is 3. The number of benzene rings is 3. The van der Waals surface area contributed by atoms with Crippen LogP contribution in [0.4, 0.5) is 5.69 Å². The number of hydrogen-bond acceptors (Lipinski definition) is 3. The molecule has 2 aliphatic rings. The topological polar surface area (TPSA) is 57.6 Å². The Morgan fingerprint density at radius 2 is 1.58 bits per heavy atom. The van der Waals surface area contributed by atoms with E-state index in [2.05, 4.69) is 0 Å². The van der Waals surface area contributed by atoms with Crippen molar-refractivity contribution in [1.82, 2.24) is 0 Å². The zero-order chi connectivity index (χ0) is 23.1. The highest BCUT2D eigenvalue weighted by atomic mass is 16.3. The molecule has 1 unspecified atom stereocenters. The first-order valence-electron chi connectivity index (χ1n) is 11.5. The number of hydrogen-bond donors (Lipinski definition) is 1. The number of aliphatic hydroxyl groups excluding tert-OH is 1. The highest BCUT2D eigenvalue weighted by molar-refractivity contribution is 6.51. The molecule has 1 fully saturated rings. The van der Waals surface area contributed by atoms with Crippen LogP contribution in [0.3, 0.4) is 0 Å². The molecule has 4 heteroatoms. The average Bonchev–Trinajstić information content (AvgIpc) is 3.11. The molecule has 0 aromatic heterocycles. The summed E-state index contributed by atoms with van der Waals surface area (Å²) in [7, 11) is 0. The van der Waals surface area contributed by atoms with Gasteiger partial charge in [0.15, 0.2) is 0 Å². The van der Waals surface area contributed by atoms with Crippen LogP contribution in [0.1, 0.15) is 52.3 Å². The molecule has 3 aromatic rings. The SMILES string of the molecule is Cc1ccc(N2C(=O)C(=O)/C(=C(\O)c3ccc4c(c3)CCCC4)C2c2ccccc2)cc1C. The van der Waals surface area contributed by atoms with E-state index in [1.807, 2.05) is 80.6 Å². The number of aryl methyl sites for hydroxylation is 4. The van der Waals surface area contributed by atoms with Crippen molar-refractivity contribution in [3.05, 3.63) is 106 Å². The van der Waals surface area contributed by atoms with Crippen molar-refractivity contribution in [2.45, 2.75) is 45.6 Å². The molecule has 1 saturated heterocycles. The number of anilines is 1. The second kappa shape index (κ2) is 8.36. The number of carbonyl (C=O) groups is 2. The van der Waals surface area contributed by atoms with E-state index in [4.69, 9.17) is 0 Å². The zero-order valence-corrected chi connectivity index (χ0v) is 19.0. The number of fused-ring (bicyclic) bond motifs is 1. The smallest absolute Gasteiger partial charge is 0.300 e. The minimum absolute atomic E-state index is 0.109. The van der Waals surface area contributed by atoms with E-state index in [-0.39, 0.29) is 11.3 Å². The summed E-state index contributed by atoms with van der Waals surface area (Å²) < 4.78 is 0. The lowest BCUT2D eigenvalue weighted by Gasteiger charge is -2.26. The quantitative estimate of drug-likeness (QED) is 0.320. The molecule has 166 valence electrons. The van der Waals surface area contributed by atoms with E-state index >= 15 is 0 Å². The minimum atomic E-state index is -0.690. The van der Waals surface area contributed by atoms with Gasteiger partial charge in [0.1, 0.15) is 5.76 Å². The Morgan fingerprint density at radius 1 is 0.848 bits per heavy atom. The van der Waals surface area contributed by atoms with E-state index in [9.17, 15) is 14.7 Å². The molecule has 1 aliphatic carbocycles. The fraction of sp³-hybridized carbons (Fsp3) is 0.241. The van der Waals surface area contributed by atoms with Crippen molar-refractivity contribution in [1.29, 1.82) is 0 Å². The van der Waals surface area contributed by atoms with Gasteiger partial charge in [-0.3, -0.25) is 14.5 Å². The minimum Gasteiger partial charge on any atom is -0.507 e. The summed E-state index contributed by atoms with van der Waals surface area (Å²) in [4.78, 5) is 28.1. The first-order chi connectivity index (χ1) is 16.0. The molecular weight excluding hydrogens is 410 g/mol. The Hall–Kier alpha value is -3.66. The maximum atomic E-state index is 13.3. The van der Waals surface area contributed by atoms with Crippen LogP contribution in [0, 0.1) is 13.8 Å². The molecule has 0 radical (unpaired) electrons. The monoisotopic (exact) mass is 437 g/mol. The highest BCUT2D eigenvalue weighted by Crippen LogP contribution is 2.42. The summed E-state index contributed by atoms with van der Waals surface area (Å²) in [6, 6.07) is 20.4. The van der Waals surface area contributed by atoms with Crippen LogP contribution in [-0.2, 0) is 22.4 Å². The second-order valence-corrected chi connectivity index (χ2v) is 9.04. The number of carbonyl (C=O) groups excluding carboxylic acids is 2. The van der Waals surface area contributed by atoms with Gasteiger partial charge in [0, 0.05) is 11.3 Å². The number of Topliss-reactive ketones (excluding diaryl/α,β-unsaturated/α-hetero) is 1. The van der Waals surface area contributed by atoms with Crippen LogP contribution in [0.25, 0.3) is 5.76 Å². The van der Waals surface area contributed by atoms with Crippen molar-refractivity contribution in [3.8, 4) is 0 Å². The molecule has 0 saturated carbocycles. The van der Waals surface area contributed by atoms with E-state index in [0.29, 0.717) is 11.3 Å².